The number of phenols is 1. The minimum atomic E-state index is -1.13. The molecule has 0 saturated heterocycles. The van der Waals surface area contributed by atoms with Crippen molar-refractivity contribution in [1.82, 2.24) is 0 Å². The summed E-state index contributed by atoms with van der Waals surface area (Å²) in [5, 5.41) is 31.3. The van der Waals surface area contributed by atoms with Crippen LogP contribution in [0.5, 0.6) is 5.75 Å². The van der Waals surface area contributed by atoms with Gasteiger partial charge in [0.05, 0.1) is 21.0 Å². The maximum Gasteiger partial charge on any atom is 0.346 e. The SMILES string of the molecule is O=C1OC(=O)c2cc([N+](=O)[O-])c(O)c3cc([N+](=O)[O-])cc1c23. The highest BCUT2D eigenvalue weighted by molar-refractivity contribution is 6.22. The molecule has 1 aliphatic rings. The number of nitro groups is 2. The summed E-state index contributed by atoms with van der Waals surface area (Å²) in [4.78, 5) is 43.4. The number of ether oxygens (including phenoxy) is 1. The van der Waals surface area contributed by atoms with Gasteiger partial charge in [0.25, 0.3) is 5.69 Å². The topological polar surface area (TPSA) is 150 Å². The lowest BCUT2D eigenvalue weighted by atomic mass is 9.95. The Kier molecular flexibility index (Phi) is 2.57. The quantitative estimate of drug-likeness (QED) is 0.381. The van der Waals surface area contributed by atoms with Gasteiger partial charge in [0.2, 0.25) is 5.75 Å². The highest BCUT2D eigenvalue weighted by atomic mass is 16.6. The fraction of sp³-hybridized carbons (Fsp3) is 0. The van der Waals surface area contributed by atoms with Gasteiger partial charge in [0.15, 0.2) is 0 Å². The van der Waals surface area contributed by atoms with Gasteiger partial charge in [-0.05, 0) is 0 Å². The molecular weight excluding hydrogens is 300 g/mol. The van der Waals surface area contributed by atoms with Gasteiger partial charge < -0.3 is 9.84 Å². The van der Waals surface area contributed by atoms with Gasteiger partial charge in [-0.2, -0.15) is 0 Å². The van der Waals surface area contributed by atoms with Crippen molar-refractivity contribution in [2.45, 2.75) is 0 Å². The number of nitrogens with zero attached hydrogens (tertiary/aromatic N) is 2. The van der Waals surface area contributed by atoms with Crippen molar-refractivity contribution in [2.75, 3.05) is 0 Å². The zero-order valence-electron chi connectivity index (χ0n) is 10.4. The fourth-order valence-electron chi connectivity index (χ4n) is 2.28. The van der Waals surface area contributed by atoms with Crippen molar-refractivity contribution in [2.24, 2.45) is 0 Å². The van der Waals surface area contributed by atoms with E-state index in [1.165, 1.54) is 0 Å². The number of phenolic OH excluding ortho intramolecular Hbond substituents is 1. The maximum absolute atomic E-state index is 11.7. The van der Waals surface area contributed by atoms with E-state index in [-0.39, 0.29) is 21.9 Å². The van der Waals surface area contributed by atoms with Crippen LogP contribution in [0.2, 0.25) is 0 Å². The number of non-ortho nitro benzene ring substituents is 1. The van der Waals surface area contributed by atoms with Gasteiger partial charge in [-0.15, -0.1) is 0 Å². The average Bonchev–Trinajstić information content (AvgIpc) is 2.45. The third-order valence-corrected chi connectivity index (χ3v) is 3.20. The Balaban J connectivity index is 2.56. The second-order valence-electron chi connectivity index (χ2n) is 4.40. The Morgan fingerprint density at radius 2 is 1.55 bits per heavy atom. The van der Waals surface area contributed by atoms with Crippen LogP contribution in [0.3, 0.4) is 0 Å². The van der Waals surface area contributed by atoms with Crippen molar-refractivity contribution < 1.29 is 29.3 Å². The number of nitro benzene ring substituents is 2. The zero-order chi connectivity index (χ0) is 16.2. The Morgan fingerprint density at radius 1 is 0.955 bits per heavy atom. The number of rotatable bonds is 2. The lowest BCUT2D eigenvalue weighted by Crippen LogP contribution is -2.20. The minimum Gasteiger partial charge on any atom is -0.502 e. The normalized spacial score (nSPS) is 13.1. The van der Waals surface area contributed by atoms with Gasteiger partial charge in [-0.25, -0.2) is 9.59 Å². The van der Waals surface area contributed by atoms with Gasteiger partial charge in [0.1, 0.15) is 0 Å². The fourth-order valence-corrected chi connectivity index (χ4v) is 2.28. The minimum absolute atomic E-state index is 0.116. The van der Waals surface area contributed by atoms with E-state index in [1.54, 1.807) is 0 Å². The van der Waals surface area contributed by atoms with E-state index < -0.39 is 38.9 Å². The number of carbonyl (C=O) groups excluding carboxylic acids is 2. The van der Waals surface area contributed by atoms with Gasteiger partial charge >= 0.3 is 17.6 Å². The van der Waals surface area contributed by atoms with Gasteiger partial charge in [-0.3, -0.25) is 20.2 Å². The van der Waals surface area contributed by atoms with Crippen LogP contribution in [0.1, 0.15) is 20.7 Å². The third-order valence-electron chi connectivity index (χ3n) is 3.20. The van der Waals surface area contributed by atoms with Crippen molar-refractivity contribution in [3.63, 3.8) is 0 Å². The molecule has 10 heteroatoms. The van der Waals surface area contributed by atoms with E-state index in [0.717, 1.165) is 18.2 Å². The molecule has 2 aromatic rings. The molecule has 0 spiro atoms. The Bertz CT molecular complexity index is 897. The van der Waals surface area contributed by atoms with E-state index >= 15 is 0 Å². The summed E-state index contributed by atoms with van der Waals surface area (Å²) in [7, 11) is 0. The second-order valence-corrected chi connectivity index (χ2v) is 4.40. The first-order valence-electron chi connectivity index (χ1n) is 5.70. The number of esters is 2. The number of hydrogen-bond donors (Lipinski definition) is 1. The number of hydrogen-bond acceptors (Lipinski definition) is 8. The van der Waals surface area contributed by atoms with Gasteiger partial charge in [-0.1, -0.05) is 0 Å². The maximum atomic E-state index is 11.7. The highest BCUT2D eigenvalue weighted by Gasteiger charge is 2.34. The summed E-state index contributed by atoms with van der Waals surface area (Å²) in [6, 6.07) is 2.50. The molecule has 1 aliphatic heterocycles. The number of carbonyl (C=O) groups is 2. The molecule has 0 bridgehead atoms. The summed E-state index contributed by atoms with van der Waals surface area (Å²) in [6.07, 6.45) is 0. The summed E-state index contributed by atoms with van der Waals surface area (Å²) >= 11 is 0. The highest BCUT2D eigenvalue weighted by Crippen LogP contribution is 2.42. The molecule has 10 nitrogen and oxygen atoms in total. The molecule has 0 atom stereocenters. The molecular formula is C12H4N2O8. The third kappa shape index (κ3) is 1.67. The monoisotopic (exact) mass is 304 g/mol. The Hall–Kier alpha value is -3.56. The van der Waals surface area contributed by atoms with Crippen LogP contribution in [0.15, 0.2) is 18.2 Å². The molecule has 3 rings (SSSR count). The largest absolute Gasteiger partial charge is 0.502 e. The van der Waals surface area contributed by atoms with E-state index in [1.807, 2.05) is 0 Å². The standard InChI is InChI=1S/C12H4N2O8/c15-10-5-1-4(13(18)19)2-6-9(5)7(3-8(10)14(20)21)12(17)22-11(6)16/h1-3,15H. The van der Waals surface area contributed by atoms with Crippen molar-refractivity contribution >= 4 is 34.1 Å². The summed E-state index contributed by atoms with van der Waals surface area (Å²) in [6.45, 7) is 0. The molecule has 0 aliphatic carbocycles. The molecule has 0 saturated carbocycles. The first kappa shape index (κ1) is 13.4. The summed E-state index contributed by atoms with van der Waals surface area (Å²) in [5.41, 5.74) is -2.02. The van der Waals surface area contributed by atoms with Crippen LogP contribution in [-0.4, -0.2) is 26.9 Å². The Labute approximate surface area is 119 Å². The smallest absolute Gasteiger partial charge is 0.346 e. The first-order chi connectivity index (χ1) is 10.3. The average molecular weight is 304 g/mol. The molecule has 22 heavy (non-hydrogen) atoms. The number of aromatic hydroxyl groups is 1. The van der Waals surface area contributed by atoms with E-state index in [9.17, 15) is 34.9 Å². The van der Waals surface area contributed by atoms with Crippen LogP contribution in [-0.2, 0) is 4.74 Å². The van der Waals surface area contributed by atoms with E-state index in [0.29, 0.717) is 0 Å². The number of cyclic esters (lactones) is 2. The van der Waals surface area contributed by atoms with Crippen LogP contribution in [0.25, 0.3) is 10.8 Å². The molecule has 0 aromatic heterocycles. The van der Waals surface area contributed by atoms with E-state index in [4.69, 9.17) is 0 Å². The molecule has 0 unspecified atom stereocenters. The van der Waals surface area contributed by atoms with Crippen LogP contribution < -0.4 is 0 Å². The lowest BCUT2D eigenvalue weighted by Gasteiger charge is -2.15. The second kappa shape index (κ2) is 4.22. The predicted molar refractivity (Wildman–Crippen MR) is 68.7 cm³/mol. The molecule has 110 valence electrons. The molecule has 0 fully saturated rings. The molecule has 0 amide bonds. The van der Waals surface area contributed by atoms with Crippen LogP contribution in [0.4, 0.5) is 11.4 Å². The van der Waals surface area contributed by atoms with Crippen molar-refractivity contribution in [1.29, 1.82) is 0 Å². The van der Waals surface area contributed by atoms with Crippen molar-refractivity contribution in [3.8, 4) is 5.75 Å². The molecule has 1 heterocycles. The predicted octanol–water partition coefficient (Wildman–Crippen LogP) is 1.67. The van der Waals surface area contributed by atoms with E-state index in [2.05, 4.69) is 4.74 Å². The van der Waals surface area contributed by atoms with Gasteiger partial charge in [0, 0.05) is 29.0 Å². The van der Waals surface area contributed by atoms with Crippen LogP contribution in [0, 0.1) is 20.2 Å². The summed E-state index contributed by atoms with van der Waals surface area (Å²) in [5.74, 6) is -3.12. The first-order valence-corrected chi connectivity index (χ1v) is 5.70. The van der Waals surface area contributed by atoms with Crippen LogP contribution >= 0.6 is 0 Å². The molecule has 2 aromatic carbocycles. The number of benzene rings is 2. The van der Waals surface area contributed by atoms with Crippen molar-refractivity contribution in [3.05, 3.63) is 49.6 Å². The summed E-state index contributed by atoms with van der Waals surface area (Å²) < 4.78 is 4.41. The Morgan fingerprint density at radius 3 is 2.09 bits per heavy atom. The zero-order valence-corrected chi connectivity index (χ0v) is 10.4. The molecule has 0 radical (unpaired) electrons. The molecule has 1 N–H and O–H groups in total. The lowest BCUT2D eigenvalue weighted by molar-refractivity contribution is -0.385.